The molecule has 1 N–H and O–H groups in total. The molecule has 0 unspecified atom stereocenters. The average molecular weight is 414 g/mol. The molecule has 0 amide bonds. The van der Waals surface area contributed by atoms with Gasteiger partial charge in [-0.15, -0.1) is 0 Å². The standard InChI is InChI=1S/C20H15NO4.BrH/c1-11-7-17(23-2)19(22)14-9-21-6-5-12-3-4-16-20(25-10-24-16)18(12)15(21)8-13(11)14;/h3-9H,10H2,1-2H3;1H. The smallest absolute Gasteiger partial charge is 0.231 e. The van der Waals surface area contributed by atoms with Crippen LogP contribution in [-0.4, -0.2) is 19.0 Å². The zero-order chi connectivity index (χ0) is 17.1. The van der Waals surface area contributed by atoms with Crippen LogP contribution in [0.3, 0.4) is 0 Å². The summed E-state index contributed by atoms with van der Waals surface area (Å²) in [5.74, 6) is 2.15. The van der Waals surface area contributed by atoms with Crippen molar-refractivity contribution in [2.45, 2.75) is 6.92 Å². The first-order valence-corrected chi connectivity index (χ1v) is 8.04. The maximum atomic E-state index is 10.5. The van der Waals surface area contributed by atoms with Crippen LogP contribution in [0.1, 0.15) is 5.56 Å². The monoisotopic (exact) mass is 413 g/mol. The van der Waals surface area contributed by atoms with Crippen LogP contribution in [0.25, 0.3) is 27.1 Å². The number of hydrogen-bond donors (Lipinski definition) is 1. The number of pyridine rings is 2. The lowest BCUT2D eigenvalue weighted by molar-refractivity contribution is -0.509. The molecular formula is C20H16BrNO4. The topological polar surface area (TPSA) is 52.0 Å². The summed E-state index contributed by atoms with van der Waals surface area (Å²) in [5, 5.41) is 14.3. The van der Waals surface area contributed by atoms with E-state index in [4.69, 9.17) is 14.2 Å². The summed E-state index contributed by atoms with van der Waals surface area (Å²) in [7, 11) is 1.56. The van der Waals surface area contributed by atoms with Crippen molar-refractivity contribution in [3.63, 3.8) is 0 Å². The summed E-state index contributed by atoms with van der Waals surface area (Å²) in [4.78, 5) is 0. The number of phenolic OH excluding ortho intramolecular Hbond substituents is 1. The number of benzene rings is 2. The minimum Gasteiger partial charge on any atom is -1.00 e. The lowest BCUT2D eigenvalue weighted by Crippen LogP contribution is -3.00. The van der Waals surface area contributed by atoms with E-state index in [1.165, 1.54) is 0 Å². The number of aromatic hydroxyl groups is 1. The van der Waals surface area contributed by atoms with E-state index in [1.54, 1.807) is 7.11 Å². The van der Waals surface area contributed by atoms with Gasteiger partial charge in [0.25, 0.3) is 0 Å². The van der Waals surface area contributed by atoms with Gasteiger partial charge in [0, 0.05) is 17.5 Å². The Morgan fingerprint density at radius 2 is 1.96 bits per heavy atom. The highest BCUT2D eigenvalue weighted by molar-refractivity contribution is 6.04. The molecule has 6 heteroatoms. The minimum atomic E-state index is 0. The molecule has 5 nitrogen and oxygen atoms in total. The van der Waals surface area contributed by atoms with Crippen molar-refractivity contribution in [2.75, 3.05) is 13.9 Å². The third-order valence-electron chi connectivity index (χ3n) is 4.84. The number of rotatable bonds is 1. The fourth-order valence-electron chi connectivity index (χ4n) is 3.59. The Bertz CT molecular complexity index is 1190. The Labute approximate surface area is 160 Å². The average Bonchev–Trinajstić information content (AvgIpc) is 3.12. The van der Waals surface area contributed by atoms with Crippen LogP contribution in [0.5, 0.6) is 23.0 Å². The van der Waals surface area contributed by atoms with Crippen molar-refractivity contribution >= 4 is 27.1 Å². The molecule has 0 atom stereocenters. The molecule has 0 saturated heterocycles. The molecule has 4 aromatic rings. The summed E-state index contributed by atoms with van der Waals surface area (Å²) < 4.78 is 18.5. The van der Waals surface area contributed by atoms with Gasteiger partial charge in [-0.05, 0) is 36.1 Å². The zero-order valence-electron chi connectivity index (χ0n) is 14.2. The summed E-state index contributed by atoms with van der Waals surface area (Å²) in [6.45, 7) is 2.25. The van der Waals surface area contributed by atoms with E-state index in [1.807, 2.05) is 48.0 Å². The van der Waals surface area contributed by atoms with Gasteiger partial charge >= 0.3 is 0 Å². The van der Waals surface area contributed by atoms with Gasteiger partial charge in [0.1, 0.15) is 5.39 Å². The van der Waals surface area contributed by atoms with Gasteiger partial charge in [-0.25, -0.2) is 0 Å². The van der Waals surface area contributed by atoms with E-state index >= 15 is 0 Å². The zero-order valence-corrected chi connectivity index (χ0v) is 15.8. The number of aryl methyl sites for hydroxylation is 1. The minimum absolute atomic E-state index is 0. The molecule has 1 aliphatic rings. The Balaban J connectivity index is 0.00000168. The van der Waals surface area contributed by atoms with Gasteiger partial charge in [-0.3, -0.25) is 0 Å². The summed E-state index contributed by atoms with van der Waals surface area (Å²) in [6.07, 6.45) is 3.90. The van der Waals surface area contributed by atoms with Crippen LogP contribution in [-0.2, 0) is 0 Å². The molecule has 3 heterocycles. The Kier molecular flexibility index (Phi) is 3.80. The SMILES string of the molecule is COc1cc(C)c2cc3c4c5c(ccc4cc[n+]3cc2c1O)OCO5.[Br-]. The van der Waals surface area contributed by atoms with Gasteiger partial charge in [0.05, 0.1) is 12.5 Å². The molecule has 132 valence electrons. The third-order valence-corrected chi connectivity index (χ3v) is 4.84. The summed E-state index contributed by atoms with van der Waals surface area (Å²) in [6, 6.07) is 9.92. The number of hydrogen-bond acceptors (Lipinski definition) is 4. The van der Waals surface area contributed by atoms with Gasteiger partial charge in [-0.2, -0.15) is 4.40 Å². The molecule has 0 radical (unpaired) electrons. The van der Waals surface area contributed by atoms with E-state index in [2.05, 4.69) is 6.07 Å². The molecule has 0 fully saturated rings. The first-order chi connectivity index (χ1) is 12.2. The van der Waals surface area contributed by atoms with E-state index in [0.717, 1.165) is 44.1 Å². The fourth-order valence-corrected chi connectivity index (χ4v) is 3.59. The highest BCUT2D eigenvalue weighted by atomic mass is 79.9. The van der Waals surface area contributed by atoms with Crippen LogP contribution in [0.4, 0.5) is 0 Å². The van der Waals surface area contributed by atoms with Crippen molar-refractivity contribution < 1.29 is 40.7 Å². The maximum Gasteiger partial charge on any atom is 0.231 e. The Morgan fingerprint density at radius 3 is 2.77 bits per heavy atom. The first-order valence-electron chi connectivity index (χ1n) is 8.04. The number of nitrogens with zero attached hydrogens (tertiary/aromatic N) is 1. The highest BCUT2D eigenvalue weighted by Crippen LogP contribution is 2.42. The van der Waals surface area contributed by atoms with Gasteiger partial charge in [0.2, 0.25) is 12.3 Å². The van der Waals surface area contributed by atoms with Gasteiger partial charge < -0.3 is 36.3 Å². The molecular weight excluding hydrogens is 398 g/mol. The predicted octanol–water partition coefficient (Wildman–Crippen LogP) is 0.487. The van der Waals surface area contributed by atoms with Crippen LogP contribution in [0.2, 0.25) is 0 Å². The second-order valence-corrected chi connectivity index (χ2v) is 6.22. The molecule has 0 saturated carbocycles. The normalized spacial score (nSPS) is 12.5. The van der Waals surface area contributed by atoms with Crippen LogP contribution < -0.4 is 35.6 Å². The molecule has 0 aliphatic carbocycles. The quantitative estimate of drug-likeness (QED) is 0.280. The Morgan fingerprint density at radius 1 is 1.12 bits per heavy atom. The summed E-state index contributed by atoms with van der Waals surface area (Å²) in [5.41, 5.74) is 2.04. The number of aromatic nitrogens is 1. The van der Waals surface area contributed by atoms with Crippen molar-refractivity contribution in [2.24, 2.45) is 0 Å². The van der Waals surface area contributed by atoms with E-state index < -0.39 is 0 Å². The molecule has 2 aromatic carbocycles. The van der Waals surface area contributed by atoms with Crippen LogP contribution >= 0.6 is 0 Å². The van der Waals surface area contributed by atoms with Gasteiger partial charge in [0.15, 0.2) is 35.4 Å². The number of phenols is 1. The lowest BCUT2D eigenvalue weighted by atomic mass is 10.0. The first kappa shape index (κ1) is 16.7. The van der Waals surface area contributed by atoms with Crippen LogP contribution in [0.15, 0.2) is 42.7 Å². The molecule has 1 aliphatic heterocycles. The fraction of sp³-hybridized carbons (Fsp3) is 0.150. The van der Waals surface area contributed by atoms with E-state index in [9.17, 15) is 5.11 Å². The number of fused-ring (bicyclic) bond motifs is 6. The molecule has 26 heavy (non-hydrogen) atoms. The number of halogens is 1. The molecule has 0 spiro atoms. The maximum absolute atomic E-state index is 10.5. The highest BCUT2D eigenvalue weighted by Gasteiger charge is 2.23. The molecule has 2 aromatic heterocycles. The lowest BCUT2D eigenvalue weighted by Gasteiger charge is -2.09. The predicted molar refractivity (Wildman–Crippen MR) is 93.7 cm³/mol. The van der Waals surface area contributed by atoms with E-state index in [-0.39, 0.29) is 29.5 Å². The second kappa shape index (κ2) is 5.92. The third kappa shape index (κ3) is 2.18. The molecule has 0 bridgehead atoms. The second-order valence-electron chi connectivity index (χ2n) is 6.22. The van der Waals surface area contributed by atoms with Crippen molar-refractivity contribution in [3.05, 3.63) is 48.3 Å². The number of ether oxygens (including phenoxy) is 3. The van der Waals surface area contributed by atoms with Crippen molar-refractivity contribution in [1.82, 2.24) is 0 Å². The summed E-state index contributed by atoms with van der Waals surface area (Å²) >= 11 is 0. The largest absolute Gasteiger partial charge is 1.00 e. The van der Waals surface area contributed by atoms with Crippen LogP contribution in [0, 0.1) is 6.92 Å². The Hall–Kier alpha value is -2.73. The van der Waals surface area contributed by atoms with Crippen molar-refractivity contribution in [3.8, 4) is 23.0 Å². The number of methoxy groups -OCH3 is 1. The van der Waals surface area contributed by atoms with Gasteiger partial charge in [-0.1, -0.05) is 0 Å². The van der Waals surface area contributed by atoms with Crippen molar-refractivity contribution in [1.29, 1.82) is 0 Å². The molecule has 5 rings (SSSR count). The van der Waals surface area contributed by atoms with E-state index in [0.29, 0.717) is 5.75 Å².